The maximum absolute atomic E-state index is 12.3. The minimum atomic E-state index is -0.302. The molecule has 4 rings (SSSR count). The molecular weight excluding hydrogens is 362 g/mol. The van der Waals surface area contributed by atoms with Crippen LogP contribution >= 0.6 is 0 Å². The second-order valence-corrected chi connectivity index (χ2v) is 8.60. The van der Waals surface area contributed by atoms with Crippen molar-refractivity contribution in [2.75, 3.05) is 0 Å². The van der Waals surface area contributed by atoms with E-state index >= 15 is 0 Å². The van der Waals surface area contributed by atoms with Gasteiger partial charge in [0.15, 0.2) is 0 Å². The van der Waals surface area contributed by atoms with E-state index in [1.54, 1.807) is 18.2 Å². The number of aromatic nitrogens is 2. The van der Waals surface area contributed by atoms with E-state index in [9.17, 15) is 9.59 Å². The second-order valence-electron chi connectivity index (χ2n) is 8.60. The Morgan fingerprint density at radius 2 is 1.76 bits per heavy atom. The number of hydrogen-bond acceptors (Lipinski definition) is 3. The van der Waals surface area contributed by atoms with Gasteiger partial charge in [-0.3, -0.25) is 13.9 Å². The lowest BCUT2D eigenvalue weighted by molar-refractivity contribution is 0.539. The average molecular weight is 394 g/mol. The lowest BCUT2D eigenvalue weighted by Crippen LogP contribution is -2.38. The zero-order valence-corrected chi connectivity index (χ0v) is 17.6. The Hall–Kier alpha value is -2.43. The fraction of sp³-hybridized carbons (Fsp3) is 0.542. The molecule has 0 saturated heterocycles. The van der Waals surface area contributed by atoms with Crippen molar-refractivity contribution in [3.8, 4) is 0 Å². The molecule has 5 nitrogen and oxygen atoms in total. The number of benzene rings is 1. The molecule has 1 aromatic carbocycles. The molecule has 1 unspecified atom stereocenters. The monoisotopic (exact) mass is 393 g/mol. The van der Waals surface area contributed by atoms with E-state index in [1.165, 1.54) is 61.1 Å². The fourth-order valence-corrected chi connectivity index (χ4v) is 4.93. The number of hydrogen-bond donors (Lipinski definition) is 0. The van der Waals surface area contributed by atoms with Crippen LogP contribution in [-0.4, -0.2) is 14.8 Å². The highest BCUT2D eigenvalue weighted by atomic mass is 16.2. The van der Waals surface area contributed by atoms with E-state index in [0.717, 1.165) is 24.5 Å². The van der Waals surface area contributed by atoms with E-state index in [-0.39, 0.29) is 11.2 Å². The third-order valence-electron chi connectivity index (χ3n) is 6.64. The van der Waals surface area contributed by atoms with Crippen LogP contribution in [0.2, 0.25) is 0 Å². The van der Waals surface area contributed by atoms with Gasteiger partial charge in [0.25, 0.3) is 5.56 Å². The minimum absolute atomic E-state index is 0.199. The van der Waals surface area contributed by atoms with Crippen molar-refractivity contribution < 1.29 is 0 Å². The molecule has 0 bridgehead atoms. The third kappa shape index (κ3) is 4.00. The molecule has 29 heavy (non-hydrogen) atoms. The molecule has 5 heteroatoms. The van der Waals surface area contributed by atoms with Crippen LogP contribution in [-0.2, 0) is 26.9 Å². The van der Waals surface area contributed by atoms with Gasteiger partial charge in [0, 0.05) is 26.2 Å². The Labute approximate surface area is 172 Å². The van der Waals surface area contributed by atoms with Crippen molar-refractivity contribution in [2.24, 2.45) is 19.1 Å². The van der Waals surface area contributed by atoms with Gasteiger partial charge < -0.3 is 0 Å². The summed E-state index contributed by atoms with van der Waals surface area (Å²) >= 11 is 0. The predicted octanol–water partition coefficient (Wildman–Crippen LogP) is 4.17. The number of nitrogens with zero attached hydrogens (tertiary/aromatic N) is 3. The molecule has 2 aliphatic rings. The van der Waals surface area contributed by atoms with Gasteiger partial charge in [-0.1, -0.05) is 49.9 Å². The largest absolute Gasteiger partial charge is 0.332 e. The summed E-state index contributed by atoms with van der Waals surface area (Å²) in [5, 5.41) is 0. The van der Waals surface area contributed by atoms with Crippen molar-refractivity contribution in [3.63, 3.8) is 0 Å². The van der Waals surface area contributed by atoms with E-state index in [4.69, 9.17) is 0 Å². The topological polar surface area (TPSA) is 56.4 Å². The van der Waals surface area contributed by atoms with Gasteiger partial charge >= 0.3 is 5.69 Å². The fourth-order valence-electron chi connectivity index (χ4n) is 4.93. The summed E-state index contributed by atoms with van der Waals surface area (Å²) in [5.41, 5.74) is 4.36. The molecule has 0 spiro atoms. The van der Waals surface area contributed by atoms with E-state index in [0.29, 0.717) is 17.8 Å². The Kier molecular flexibility index (Phi) is 5.84. The van der Waals surface area contributed by atoms with Gasteiger partial charge in [0.05, 0.1) is 5.56 Å². The van der Waals surface area contributed by atoms with E-state index < -0.39 is 0 Å². The maximum Gasteiger partial charge on any atom is 0.332 e. The molecule has 1 aliphatic heterocycles. The van der Waals surface area contributed by atoms with Crippen molar-refractivity contribution in [2.45, 2.75) is 70.1 Å². The number of fused-ring (bicyclic) bond motifs is 2. The van der Waals surface area contributed by atoms with Gasteiger partial charge in [0.2, 0.25) is 0 Å². The van der Waals surface area contributed by atoms with Crippen LogP contribution in [0.5, 0.6) is 0 Å². The third-order valence-corrected chi connectivity index (χ3v) is 6.64. The molecule has 154 valence electrons. The summed E-state index contributed by atoms with van der Waals surface area (Å²) in [6.07, 6.45) is 11.6. The first-order valence-electron chi connectivity index (χ1n) is 11.0. The van der Waals surface area contributed by atoms with Crippen molar-refractivity contribution in [1.29, 1.82) is 0 Å². The summed E-state index contributed by atoms with van der Waals surface area (Å²) in [6.45, 7) is 0. The number of aliphatic imine (C=N–C) groups is 1. The van der Waals surface area contributed by atoms with Crippen LogP contribution in [0.25, 0.3) is 0 Å². The normalized spacial score (nSPS) is 17.3. The molecule has 0 saturated carbocycles. The Morgan fingerprint density at radius 3 is 2.62 bits per heavy atom. The van der Waals surface area contributed by atoms with Crippen molar-refractivity contribution in [3.05, 3.63) is 61.8 Å². The van der Waals surface area contributed by atoms with Crippen molar-refractivity contribution >= 4 is 11.5 Å². The van der Waals surface area contributed by atoms with Crippen LogP contribution in [0.15, 0.2) is 38.8 Å². The second kappa shape index (κ2) is 8.52. The first-order valence-corrected chi connectivity index (χ1v) is 11.0. The predicted molar refractivity (Wildman–Crippen MR) is 118 cm³/mol. The lowest BCUT2D eigenvalue weighted by atomic mass is 9.94. The molecule has 1 aliphatic carbocycles. The maximum atomic E-state index is 12.3. The highest BCUT2D eigenvalue weighted by molar-refractivity contribution is 5.93. The SMILES string of the molecule is Cn1c2c(c(=O)n(C)c1=O)CC(CCCCCCCC1CCc3ccccc31)=N2. The van der Waals surface area contributed by atoms with Gasteiger partial charge in [-0.25, -0.2) is 9.79 Å². The number of aryl methyl sites for hydroxylation is 1. The van der Waals surface area contributed by atoms with Crippen molar-refractivity contribution in [1.82, 2.24) is 9.13 Å². The molecule has 0 N–H and O–H groups in total. The summed E-state index contributed by atoms with van der Waals surface area (Å²) in [5.74, 6) is 1.33. The highest BCUT2D eigenvalue weighted by Crippen LogP contribution is 2.36. The molecule has 1 aromatic heterocycles. The van der Waals surface area contributed by atoms with Crippen LogP contribution in [0.3, 0.4) is 0 Å². The zero-order valence-electron chi connectivity index (χ0n) is 17.6. The molecule has 0 fully saturated rings. The molecule has 2 heterocycles. The molecular formula is C24H31N3O2. The van der Waals surface area contributed by atoms with E-state index in [1.807, 2.05) is 0 Å². The molecule has 2 aromatic rings. The summed E-state index contributed by atoms with van der Waals surface area (Å²) in [6, 6.07) is 8.93. The first-order chi connectivity index (χ1) is 14.1. The summed E-state index contributed by atoms with van der Waals surface area (Å²) in [4.78, 5) is 28.9. The first kappa shape index (κ1) is 19.9. The van der Waals surface area contributed by atoms with Gasteiger partial charge in [-0.15, -0.1) is 0 Å². The Bertz CT molecular complexity index is 1050. The minimum Gasteiger partial charge on any atom is -0.281 e. The van der Waals surface area contributed by atoms with E-state index in [2.05, 4.69) is 29.3 Å². The van der Waals surface area contributed by atoms with Crippen LogP contribution in [0.4, 0.5) is 5.82 Å². The highest BCUT2D eigenvalue weighted by Gasteiger charge is 2.23. The van der Waals surface area contributed by atoms with Gasteiger partial charge in [-0.2, -0.15) is 0 Å². The zero-order chi connectivity index (χ0) is 20.4. The molecule has 0 amide bonds. The van der Waals surface area contributed by atoms with Crippen LogP contribution in [0.1, 0.15) is 74.0 Å². The molecule has 1 atom stereocenters. The number of unbranched alkanes of at least 4 members (excludes halogenated alkanes) is 4. The quantitative estimate of drug-likeness (QED) is 0.632. The van der Waals surface area contributed by atoms with Crippen LogP contribution < -0.4 is 11.2 Å². The Morgan fingerprint density at radius 1 is 1.00 bits per heavy atom. The Balaban J connectivity index is 1.18. The standard InChI is InChI=1S/C24H31N3O2/c1-26-22-21(23(28)27(2)24(26)29)16-19(25-22)12-7-5-3-4-6-10-17-14-15-18-11-8-9-13-20(17)18/h8-9,11,13,17H,3-7,10,12,14-16H2,1-2H3. The van der Waals surface area contributed by atoms with Gasteiger partial charge in [-0.05, 0) is 49.1 Å². The average Bonchev–Trinajstić information content (AvgIpc) is 3.35. The smallest absolute Gasteiger partial charge is 0.281 e. The van der Waals surface area contributed by atoms with Crippen LogP contribution in [0, 0.1) is 0 Å². The molecule has 0 radical (unpaired) electrons. The summed E-state index contributed by atoms with van der Waals surface area (Å²) in [7, 11) is 3.23. The number of rotatable bonds is 8. The summed E-state index contributed by atoms with van der Waals surface area (Å²) < 4.78 is 2.67. The lowest BCUT2D eigenvalue weighted by Gasteiger charge is -2.11. The van der Waals surface area contributed by atoms with Gasteiger partial charge in [0.1, 0.15) is 5.82 Å².